The van der Waals surface area contributed by atoms with E-state index in [1.165, 1.54) is 19.9 Å². The first-order valence-corrected chi connectivity index (χ1v) is 15.4. The zero-order valence-electron chi connectivity index (χ0n) is 26.5. The van der Waals surface area contributed by atoms with E-state index in [2.05, 4.69) is 32.6 Å². The highest BCUT2D eigenvalue weighted by molar-refractivity contribution is 6.00. The highest BCUT2D eigenvalue weighted by atomic mass is 19.4. The number of alkyl halides is 5. The van der Waals surface area contributed by atoms with Crippen molar-refractivity contribution in [2.75, 3.05) is 0 Å². The summed E-state index contributed by atoms with van der Waals surface area (Å²) in [5, 5.41) is 18.9. The van der Waals surface area contributed by atoms with Gasteiger partial charge < -0.3 is 15.7 Å². The molecule has 3 heterocycles. The van der Waals surface area contributed by atoms with Gasteiger partial charge in [0.05, 0.1) is 11.7 Å². The zero-order chi connectivity index (χ0) is 36.2. The number of halogens is 7. The van der Waals surface area contributed by atoms with Crippen LogP contribution in [0.1, 0.15) is 76.1 Å². The number of rotatable bonds is 7. The molecule has 0 radical (unpaired) electrons. The smallest absolute Gasteiger partial charge is 0.378 e. The van der Waals surface area contributed by atoms with Crippen molar-refractivity contribution in [1.82, 2.24) is 25.4 Å². The molecular formula is C35H28F7N5O3. The van der Waals surface area contributed by atoms with Gasteiger partial charge in [-0.05, 0) is 79.6 Å². The molecule has 1 unspecified atom stereocenters. The van der Waals surface area contributed by atoms with E-state index in [4.69, 9.17) is 0 Å². The third-order valence-corrected chi connectivity index (χ3v) is 8.23. The monoisotopic (exact) mass is 699 g/mol. The summed E-state index contributed by atoms with van der Waals surface area (Å²) in [6.07, 6.45) is -6.85. The number of hydrogen-bond donors (Lipinski definition) is 3. The van der Waals surface area contributed by atoms with Crippen molar-refractivity contribution in [3.63, 3.8) is 0 Å². The summed E-state index contributed by atoms with van der Waals surface area (Å²) in [4.78, 5) is 30.7. The van der Waals surface area contributed by atoms with Crippen LogP contribution >= 0.6 is 0 Å². The number of nitrogens with one attached hydrogen (secondary N) is 2. The largest absolute Gasteiger partial charge is 0.435 e. The molecule has 15 heteroatoms. The Bertz CT molecular complexity index is 2070. The van der Waals surface area contributed by atoms with Crippen molar-refractivity contribution in [3.05, 3.63) is 105 Å². The Hall–Kier alpha value is -5.23. The molecule has 50 heavy (non-hydrogen) atoms. The molecule has 1 aliphatic heterocycles. The molecule has 8 nitrogen and oxygen atoms in total. The summed E-state index contributed by atoms with van der Waals surface area (Å²) >= 11 is 0. The summed E-state index contributed by atoms with van der Waals surface area (Å²) in [5.41, 5.74) is -2.57. The van der Waals surface area contributed by atoms with Gasteiger partial charge in [-0.1, -0.05) is 18.1 Å². The first-order chi connectivity index (χ1) is 23.4. The number of benzene rings is 2. The normalized spacial score (nSPS) is 15.5. The molecule has 0 saturated heterocycles. The fourth-order valence-electron chi connectivity index (χ4n) is 6.21. The lowest BCUT2D eigenvalue weighted by Gasteiger charge is -2.23. The van der Waals surface area contributed by atoms with Gasteiger partial charge in [-0.2, -0.15) is 27.1 Å². The number of hydrogen-bond acceptors (Lipinski definition) is 5. The first-order valence-electron chi connectivity index (χ1n) is 15.4. The average Bonchev–Trinajstić information content (AvgIpc) is 3.68. The van der Waals surface area contributed by atoms with Gasteiger partial charge in [-0.15, -0.1) is 0 Å². The van der Waals surface area contributed by atoms with Gasteiger partial charge in [-0.25, -0.2) is 13.8 Å². The molecule has 0 bridgehead atoms. The number of carbonyl (C=O) groups is 2. The summed E-state index contributed by atoms with van der Waals surface area (Å²) in [5.74, 6) is -1.55. The van der Waals surface area contributed by atoms with E-state index in [-0.39, 0.29) is 35.8 Å². The second kappa shape index (κ2) is 12.6. The Morgan fingerprint density at radius 3 is 2.44 bits per heavy atom. The van der Waals surface area contributed by atoms with Gasteiger partial charge in [0.2, 0.25) is 5.91 Å². The van der Waals surface area contributed by atoms with E-state index in [0.717, 1.165) is 12.1 Å². The highest BCUT2D eigenvalue weighted by Crippen LogP contribution is 2.46. The number of carbonyl (C=O) groups excluding carboxylic acids is 2. The SMILES string of the molecule is CC(C)(O)C#Cc1ccc(-c2cccc3c2CNC3=O)c(C(Cc2cc(F)cc(F)c2)NC(=O)Cn2nc(C(F)(F)F)c3c2C(F)(F)CC3)n1. The summed E-state index contributed by atoms with van der Waals surface area (Å²) in [7, 11) is 0. The van der Waals surface area contributed by atoms with Crippen LogP contribution in [0.4, 0.5) is 30.7 Å². The minimum Gasteiger partial charge on any atom is -0.378 e. The molecule has 1 atom stereocenters. The van der Waals surface area contributed by atoms with E-state index in [1.807, 2.05) is 0 Å². The highest BCUT2D eigenvalue weighted by Gasteiger charge is 2.50. The summed E-state index contributed by atoms with van der Waals surface area (Å²) in [6.45, 7) is 1.98. The molecule has 2 aromatic heterocycles. The van der Waals surface area contributed by atoms with Gasteiger partial charge >= 0.3 is 6.18 Å². The van der Waals surface area contributed by atoms with E-state index in [0.29, 0.717) is 33.0 Å². The molecule has 2 amide bonds. The van der Waals surface area contributed by atoms with Gasteiger partial charge in [0.25, 0.3) is 11.8 Å². The molecule has 2 aliphatic rings. The maximum Gasteiger partial charge on any atom is 0.435 e. The first kappa shape index (κ1) is 34.6. The Morgan fingerprint density at radius 2 is 1.76 bits per heavy atom. The Labute approximate surface area is 280 Å². The molecule has 0 spiro atoms. The lowest BCUT2D eigenvalue weighted by Crippen LogP contribution is -2.35. The van der Waals surface area contributed by atoms with Crippen molar-refractivity contribution < 1.29 is 45.4 Å². The quantitative estimate of drug-likeness (QED) is 0.168. The molecule has 4 aromatic rings. The Morgan fingerprint density at radius 1 is 1.06 bits per heavy atom. The molecule has 0 saturated carbocycles. The lowest BCUT2D eigenvalue weighted by atomic mass is 9.91. The fourth-order valence-corrected chi connectivity index (χ4v) is 6.21. The van der Waals surface area contributed by atoms with Crippen LogP contribution in [-0.2, 0) is 42.8 Å². The number of fused-ring (bicyclic) bond motifs is 2. The second-order valence-corrected chi connectivity index (χ2v) is 12.6. The number of nitrogens with zero attached hydrogens (tertiary/aromatic N) is 3. The number of aliphatic hydroxyl groups is 1. The van der Waals surface area contributed by atoms with Crippen molar-refractivity contribution in [1.29, 1.82) is 0 Å². The van der Waals surface area contributed by atoms with Crippen LogP contribution in [0.25, 0.3) is 11.1 Å². The van der Waals surface area contributed by atoms with Gasteiger partial charge in [-0.3, -0.25) is 14.3 Å². The third-order valence-electron chi connectivity index (χ3n) is 8.23. The maximum absolute atomic E-state index is 14.8. The van der Waals surface area contributed by atoms with Crippen LogP contribution in [-0.4, -0.2) is 37.3 Å². The average molecular weight is 700 g/mol. The second-order valence-electron chi connectivity index (χ2n) is 12.6. The molecule has 260 valence electrons. The molecule has 1 aliphatic carbocycles. The van der Waals surface area contributed by atoms with E-state index >= 15 is 0 Å². The van der Waals surface area contributed by atoms with Crippen LogP contribution < -0.4 is 10.6 Å². The van der Waals surface area contributed by atoms with Gasteiger partial charge in [0, 0.05) is 35.7 Å². The number of amides is 2. The van der Waals surface area contributed by atoms with Crippen LogP contribution in [0.15, 0.2) is 48.5 Å². The summed E-state index contributed by atoms with van der Waals surface area (Å²) < 4.78 is 99.9. The number of pyridine rings is 1. The van der Waals surface area contributed by atoms with E-state index in [1.54, 1.807) is 24.3 Å². The molecular weight excluding hydrogens is 671 g/mol. The fraction of sp³-hybridized carbons (Fsp3) is 0.314. The molecule has 0 fully saturated rings. The molecule has 2 aromatic carbocycles. The topological polar surface area (TPSA) is 109 Å². The van der Waals surface area contributed by atoms with Crippen LogP contribution in [0.5, 0.6) is 0 Å². The summed E-state index contributed by atoms with van der Waals surface area (Å²) in [6, 6.07) is 9.43. The maximum atomic E-state index is 14.8. The molecule has 3 N–H and O–H groups in total. The minimum atomic E-state index is -5.05. The van der Waals surface area contributed by atoms with Crippen LogP contribution in [0.2, 0.25) is 0 Å². The third kappa shape index (κ3) is 7.07. The minimum absolute atomic E-state index is 0.0505. The molecule has 6 rings (SSSR count). The zero-order valence-corrected chi connectivity index (χ0v) is 26.5. The van der Waals surface area contributed by atoms with E-state index in [9.17, 15) is 45.4 Å². The van der Waals surface area contributed by atoms with Crippen molar-refractivity contribution in [2.24, 2.45) is 0 Å². The predicted octanol–water partition coefficient (Wildman–Crippen LogP) is 5.75. The van der Waals surface area contributed by atoms with Crippen LogP contribution in [0.3, 0.4) is 0 Å². The number of aromatic nitrogens is 3. The van der Waals surface area contributed by atoms with E-state index < -0.39 is 77.6 Å². The van der Waals surface area contributed by atoms with Crippen LogP contribution in [0, 0.1) is 23.5 Å². The Kier molecular flexibility index (Phi) is 8.71. The van der Waals surface area contributed by atoms with Crippen molar-refractivity contribution in [2.45, 2.75) is 69.9 Å². The van der Waals surface area contributed by atoms with Crippen molar-refractivity contribution >= 4 is 11.8 Å². The predicted molar refractivity (Wildman–Crippen MR) is 164 cm³/mol. The van der Waals surface area contributed by atoms with Gasteiger partial charge in [0.1, 0.15) is 35.2 Å². The standard InChI is InChI=1S/C35H28F7N5O3/c1-33(2,50)10-8-21-6-7-23(22-4-3-5-24-26(22)16-43-32(24)49)29(44-21)27(14-18-12-19(36)15-20(37)13-18)45-28(48)17-47-31-25(9-11-34(31,38)39)30(46-47)35(40,41)42/h3-7,12-13,15,27,50H,9,11,14,16-17H2,1-2H3,(H,43,49)(H,45,48). The Balaban J connectivity index is 1.47. The lowest BCUT2D eigenvalue weighted by molar-refractivity contribution is -0.142. The van der Waals surface area contributed by atoms with Gasteiger partial charge in [0.15, 0.2) is 5.69 Å². The van der Waals surface area contributed by atoms with Crippen molar-refractivity contribution in [3.8, 4) is 23.0 Å².